The molecule has 0 aliphatic carbocycles. The van der Waals surface area contributed by atoms with Crippen molar-refractivity contribution in [2.45, 2.75) is 12.7 Å². The Bertz CT molecular complexity index is 1050. The monoisotopic (exact) mass is 471 g/mol. The SMILES string of the molecule is COC(=O)c1ccc(-c2c(Br)sc(=O)n2Cc2ccc(C(F)(F)F)cc2)cc1. The van der Waals surface area contributed by atoms with Crippen LogP contribution in [0.4, 0.5) is 13.2 Å². The minimum atomic E-state index is -4.41. The second-order valence-corrected chi connectivity index (χ2v) is 8.12. The van der Waals surface area contributed by atoms with Gasteiger partial charge in [0.15, 0.2) is 0 Å². The van der Waals surface area contributed by atoms with Gasteiger partial charge in [0.1, 0.15) is 0 Å². The zero-order valence-corrected chi connectivity index (χ0v) is 16.8. The Kier molecular flexibility index (Phi) is 5.76. The Morgan fingerprint density at radius 2 is 1.71 bits per heavy atom. The Labute approximate surface area is 170 Å². The number of hydrogen-bond donors (Lipinski definition) is 0. The second kappa shape index (κ2) is 7.92. The lowest BCUT2D eigenvalue weighted by atomic mass is 10.1. The number of carbonyl (C=O) groups excluding carboxylic acids is 1. The number of thiazole rings is 1. The molecule has 3 aromatic rings. The van der Waals surface area contributed by atoms with Gasteiger partial charge in [0.2, 0.25) is 0 Å². The minimum absolute atomic E-state index is 0.118. The first-order valence-electron chi connectivity index (χ1n) is 7.94. The lowest BCUT2D eigenvalue weighted by Gasteiger charge is -2.11. The predicted molar refractivity (Wildman–Crippen MR) is 104 cm³/mol. The van der Waals surface area contributed by atoms with E-state index in [9.17, 15) is 22.8 Å². The van der Waals surface area contributed by atoms with Gasteiger partial charge < -0.3 is 4.74 Å². The van der Waals surface area contributed by atoms with Crippen molar-refractivity contribution >= 4 is 33.2 Å². The van der Waals surface area contributed by atoms with E-state index in [1.165, 1.54) is 23.8 Å². The van der Waals surface area contributed by atoms with E-state index < -0.39 is 17.7 Å². The van der Waals surface area contributed by atoms with Crippen LogP contribution >= 0.6 is 27.3 Å². The molecule has 146 valence electrons. The van der Waals surface area contributed by atoms with Gasteiger partial charge >= 0.3 is 17.0 Å². The molecule has 0 aliphatic rings. The summed E-state index contributed by atoms with van der Waals surface area (Å²) in [6, 6.07) is 11.2. The average molecular weight is 472 g/mol. The average Bonchev–Trinajstić information content (AvgIpc) is 2.94. The first kappa shape index (κ1) is 20.3. The van der Waals surface area contributed by atoms with Gasteiger partial charge in [-0.05, 0) is 45.8 Å². The van der Waals surface area contributed by atoms with Gasteiger partial charge in [-0.15, -0.1) is 0 Å². The van der Waals surface area contributed by atoms with Crippen molar-refractivity contribution in [3.05, 3.63) is 78.7 Å². The van der Waals surface area contributed by atoms with Crippen LogP contribution in [0.2, 0.25) is 0 Å². The summed E-state index contributed by atoms with van der Waals surface area (Å²) in [7, 11) is 1.29. The third kappa shape index (κ3) is 4.20. The molecule has 0 saturated heterocycles. The third-order valence-corrected chi connectivity index (χ3v) is 5.68. The number of alkyl halides is 3. The highest BCUT2D eigenvalue weighted by Crippen LogP contribution is 2.32. The molecule has 0 aliphatic heterocycles. The Morgan fingerprint density at radius 1 is 1.11 bits per heavy atom. The lowest BCUT2D eigenvalue weighted by molar-refractivity contribution is -0.137. The number of hydrogen-bond acceptors (Lipinski definition) is 4. The number of esters is 1. The van der Waals surface area contributed by atoms with Crippen LogP contribution < -0.4 is 4.87 Å². The van der Waals surface area contributed by atoms with Gasteiger partial charge in [0.25, 0.3) is 0 Å². The fraction of sp³-hybridized carbons (Fsp3) is 0.158. The zero-order valence-electron chi connectivity index (χ0n) is 14.4. The molecule has 3 rings (SSSR count). The highest BCUT2D eigenvalue weighted by molar-refractivity contribution is 9.11. The summed E-state index contributed by atoms with van der Waals surface area (Å²) >= 11 is 4.36. The van der Waals surface area contributed by atoms with Crippen LogP contribution in [-0.4, -0.2) is 17.6 Å². The van der Waals surface area contributed by atoms with Crippen LogP contribution in [0.3, 0.4) is 0 Å². The van der Waals surface area contributed by atoms with E-state index in [1.807, 2.05) is 0 Å². The topological polar surface area (TPSA) is 48.3 Å². The van der Waals surface area contributed by atoms with Crippen molar-refractivity contribution in [2.75, 3.05) is 7.11 Å². The molecule has 2 aromatic carbocycles. The van der Waals surface area contributed by atoms with E-state index in [1.54, 1.807) is 24.3 Å². The minimum Gasteiger partial charge on any atom is -0.465 e. The van der Waals surface area contributed by atoms with Gasteiger partial charge in [-0.2, -0.15) is 13.2 Å². The molecule has 0 amide bonds. The highest BCUT2D eigenvalue weighted by Gasteiger charge is 2.30. The lowest BCUT2D eigenvalue weighted by Crippen LogP contribution is -2.15. The third-order valence-electron chi connectivity index (χ3n) is 4.05. The maximum absolute atomic E-state index is 12.7. The van der Waals surface area contributed by atoms with Gasteiger partial charge in [0.05, 0.1) is 34.3 Å². The zero-order chi connectivity index (χ0) is 20.5. The molecule has 9 heteroatoms. The first-order valence-corrected chi connectivity index (χ1v) is 9.55. The van der Waals surface area contributed by atoms with Gasteiger partial charge in [0, 0.05) is 5.56 Å². The van der Waals surface area contributed by atoms with Crippen molar-refractivity contribution in [1.82, 2.24) is 4.57 Å². The van der Waals surface area contributed by atoms with Gasteiger partial charge in [-0.25, -0.2) is 4.79 Å². The number of halogens is 4. The van der Waals surface area contributed by atoms with E-state index in [4.69, 9.17) is 0 Å². The summed E-state index contributed by atoms with van der Waals surface area (Å²) in [5, 5.41) is 0. The van der Waals surface area contributed by atoms with E-state index in [0.29, 0.717) is 26.2 Å². The van der Waals surface area contributed by atoms with Crippen LogP contribution in [0.1, 0.15) is 21.5 Å². The number of ether oxygens (including phenoxy) is 1. The van der Waals surface area contributed by atoms with Gasteiger partial charge in [-0.3, -0.25) is 9.36 Å². The van der Waals surface area contributed by atoms with Crippen LogP contribution in [0.25, 0.3) is 11.3 Å². The molecule has 0 unspecified atom stereocenters. The van der Waals surface area contributed by atoms with Crippen LogP contribution in [0.5, 0.6) is 0 Å². The quantitative estimate of drug-likeness (QED) is 0.491. The van der Waals surface area contributed by atoms with E-state index in [0.717, 1.165) is 23.5 Å². The normalized spacial score (nSPS) is 11.5. The molecular formula is C19H13BrF3NO3S. The van der Waals surface area contributed by atoms with Crippen molar-refractivity contribution in [3.63, 3.8) is 0 Å². The Morgan fingerprint density at radius 3 is 2.25 bits per heavy atom. The molecule has 28 heavy (non-hydrogen) atoms. The predicted octanol–water partition coefficient (Wildman–Crippen LogP) is 5.19. The number of carbonyl (C=O) groups is 1. The van der Waals surface area contributed by atoms with Crippen molar-refractivity contribution in [1.29, 1.82) is 0 Å². The smallest absolute Gasteiger partial charge is 0.416 e. The summed E-state index contributed by atoms with van der Waals surface area (Å²) in [5.41, 5.74) is 1.46. The molecule has 0 spiro atoms. The van der Waals surface area contributed by atoms with Crippen LogP contribution in [0, 0.1) is 0 Å². The first-order chi connectivity index (χ1) is 13.2. The summed E-state index contributed by atoms with van der Waals surface area (Å²) in [6.07, 6.45) is -4.41. The maximum atomic E-state index is 12.7. The number of methoxy groups -OCH3 is 1. The summed E-state index contributed by atoms with van der Waals surface area (Å²) in [4.78, 5) is 23.7. The van der Waals surface area contributed by atoms with Crippen LogP contribution in [-0.2, 0) is 17.5 Å². The van der Waals surface area contributed by atoms with Crippen molar-refractivity contribution in [3.8, 4) is 11.3 Å². The van der Waals surface area contributed by atoms with Crippen LogP contribution in [0.15, 0.2) is 57.1 Å². The number of rotatable bonds is 4. The number of benzene rings is 2. The summed E-state index contributed by atoms with van der Waals surface area (Å²) in [5.74, 6) is -0.474. The Balaban J connectivity index is 1.95. The van der Waals surface area contributed by atoms with E-state index in [-0.39, 0.29) is 11.4 Å². The molecule has 0 bridgehead atoms. The molecule has 0 saturated carbocycles. The fourth-order valence-corrected chi connectivity index (χ4v) is 4.26. The van der Waals surface area contributed by atoms with Crippen molar-refractivity contribution in [2.24, 2.45) is 0 Å². The number of aromatic nitrogens is 1. The second-order valence-electron chi connectivity index (χ2n) is 5.84. The summed E-state index contributed by atoms with van der Waals surface area (Å²) in [6.45, 7) is 0.118. The molecule has 1 aromatic heterocycles. The fourth-order valence-electron chi connectivity index (χ4n) is 2.65. The molecule has 0 fully saturated rings. The Hall–Kier alpha value is -2.39. The van der Waals surface area contributed by atoms with Crippen molar-refractivity contribution < 1.29 is 22.7 Å². The number of nitrogens with zero attached hydrogens (tertiary/aromatic N) is 1. The van der Waals surface area contributed by atoms with E-state index in [2.05, 4.69) is 20.7 Å². The molecule has 4 nitrogen and oxygen atoms in total. The maximum Gasteiger partial charge on any atom is 0.416 e. The van der Waals surface area contributed by atoms with E-state index >= 15 is 0 Å². The summed E-state index contributed by atoms with van der Waals surface area (Å²) < 4.78 is 44.9. The largest absolute Gasteiger partial charge is 0.465 e. The molecule has 0 atom stereocenters. The standard InChI is InChI=1S/C19H13BrF3NO3S/c1-27-17(25)13-6-4-12(5-7-13)15-16(20)28-18(26)24(15)10-11-2-8-14(9-3-11)19(21,22)23/h2-9H,10H2,1H3. The molecule has 1 heterocycles. The molecule has 0 radical (unpaired) electrons. The van der Waals surface area contributed by atoms with Gasteiger partial charge in [-0.1, -0.05) is 35.6 Å². The molecular weight excluding hydrogens is 459 g/mol. The molecule has 0 N–H and O–H groups in total. The highest BCUT2D eigenvalue weighted by atomic mass is 79.9.